The molecule has 0 saturated carbocycles. The van der Waals surface area contributed by atoms with E-state index in [1.807, 2.05) is 48.3 Å². The van der Waals surface area contributed by atoms with E-state index < -0.39 is 0 Å². The molecule has 112 valence electrons. The average molecular weight is 307 g/mol. The van der Waals surface area contributed by atoms with E-state index in [9.17, 15) is 4.79 Å². The van der Waals surface area contributed by atoms with Crippen molar-refractivity contribution >= 4 is 17.5 Å². The van der Waals surface area contributed by atoms with Gasteiger partial charge in [0.15, 0.2) is 0 Å². The van der Waals surface area contributed by atoms with Crippen LogP contribution in [0.1, 0.15) is 11.3 Å². The molecule has 2 aromatic rings. The number of rotatable bonds is 6. The van der Waals surface area contributed by atoms with Crippen molar-refractivity contribution in [3.63, 3.8) is 0 Å². The number of furan rings is 1. The highest BCUT2D eigenvalue weighted by Crippen LogP contribution is 2.16. The maximum atomic E-state index is 12.2. The highest BCUT2D eigenvalue weighted by atomic mass is 35.5. The fourth-order valence-corrected chi connectivity index (χ4v) is 2.24. The highest BCUT2D eigenvalue weighted by Gasteiger charge is 2.14. The molecule has 1 aromatic heterocycles. The van der Waals surface area contributed by atoms with Crippen LogP contribution in [-0.4, -0.2) is 36.3 Å². The Morgan fingerprint density at radius 3 is 2.57 bits per heavy atom. The predicted molar refractivity (Wildman–Crippen MR) is 83.0 cm³/mol. The van der Waals surface area contributed by atoms with Crippen LogP contribution in [0.4, 0.5) is 0 Å². The summed E-state index contributed by atoms with van der Waals surface area (Å²) < 4.78 is 5.25. The molecular weight excluding hydrogens is 288 g/mol. The monoisotopic (exact) mass is 306 g/mol. The summed E-state index contributed by atoms with van der Waals surface area (Å²) in [5.74, 6) is 0.820. The number of hydrogen-bond donors (Lipinski definition) is 0. The van der Waals surface area contributed by atoms with Crippen LogP contribution >= 0.6 is 11.6 Å². The zero-order valence-electron chi connectivity index (χ0n) is 12.3. The van der Waals surface area contributed by atoms with Gasteiger partial charge in [0.25, 0.3) is 0 Å². The fraction of sp³-hybridized carbons (Fsp3) is 0.312. The number of hydrogen-bond acceptors (Lipinski definition) is 3. The van der Waals surface area contributed by atoms with Crippen LogP contribution in [-0.2, 0) is 17.9 Å². The first-order valence-electron chi connectivity index (χ1n) is 6.74. The molecule has 21 heavy (non-hydrogen) atoms. The minimum absolute atomic E-state index is 0.0425. The Kier molecular flexibility index (Phi) is 5.42. The summed E-state index contributed by atoms with van der Waals surface area (Å²) >= 11 is 6.13. The van der Waals surface area contributed by atoms with Gasteiger partial charge in [0.05, 0.1) is 19.4 Å². The highest BCUT2D eigenvalue weighted by molar-refractivity contribution is 6.31. The molecule has 0 aliphatic heterocycles. The lowest BCUT2D eigenvalue weighted by atomic mass is 10.2. The van der Waals surface area contributed by atoms with Crippen molar-refractivity contribution in [2.45, 2.75) is 13.1 Å². The van der Waals surface area contributed by atoms with Crippen LogP contribution in [0.15, 0.2) is 47.1 Å². The van der Waals surface area contributed by atoms with Crippen molar-refractivity contribution in [2.24, 2.45) is 0 Å². The number of carbonyl (C=O) groups is 1. The second-order valence-electron chi connectivity index (χ2n) is 5.09. The maximum Gasteiger partial charge on any atom is 0.236 e. The largest absolute Gasteiger partial charge is 0.467 e. The zero-order chi connectivity index (χ0) is 15.2. The second-order valence-corrected chi connectivity index (χ2v) is 5.50. The maximum absolute atomic E-state index is 12.2. The van der Waals surface area contributed by atoms with Gasteiger partial charge in [-0.3, -0.25) is 9.69 Å². The number of halogens is 1. The first-order chi connectivity index (χ1) is 10.1. The number of carbonyl (C=O) groups excluding carboxylic acids is 1. The quantitative estimate of drug-likeness (QED) is 0.823. The van der Waals surface area contributed by atoms with Gasteiger partial charge in [-0.2, -0.15) is 0 Å². The lowest BCUT2D eigenvalue weighted by Crippen LogP contribution is -2.36. The van der Waals surface area contributed by atoms with Gasteiger partial charge in [0, 0.05) is 18.6 Å². The van der Waals surface area contributed by atoms with Crippen molar-refractivity contribution in [1.29, 1.82) is 0 Å². The molecule has 0 radical (unpaired) electrons. The van der Waals surface area contributed by atoms with Crippen molar-refractivity contribution < 1.29 is 9.21 Å². The second kappa shape index (κ2) is 7.29. The minimum atomic E-state index is 0.0425. The topological polar surface area (TPSA) is 36.7 Å². The summed E-state index contributed by atoms with van der Waals surface area (Å²) in [6, 6.07) is 11.3. The summed E-state index contributed by atoms with van der Waals surface area (Å²) in [6.45, 7) is 1.45. The number of likely N-dealkylation sites (N-methyl/N-ethyl adjacent to an activating group) is 2. The van der Waals surface area contributed by atoms with Crippen molar-refractivity contribution in [3.05, 3.63) is 59.0 Å². The molecule has 0 saturated heterocycles. The molecule has 0 atom stereocenters. The molecule has 0 aliphatic carbocycles. The molecule has 2 rings (SSSR count). The molecular formula is C16H19ClN2O2. The molecule has 1 aromatic carbocycles. The minimum Gasteiger partial charge on any atom is -0.467 e. The SMILES string of the molecule is CN(CC(=O)N(C)Cc1ccco1)Cc1ccccc1Cl. The molecule has 0 bridgehead atoms. The average Bonchev–Trinajstić information content (AvgIpc) is 2.94. The Bertz CT molecular complexity index is 584. The zero-order valence-corrected chi connectivity index (χ0v) is 13.0. The first-order valence-corrected chi connectivity index (χ1v) is 7.12. The Balaban J connectivity index is 1.85. The van der Waals surface area contributed by atoms with Crippen molar-refractivity contribution in [2.75, 3.05) is 20.6 Å². The molecule has 0 unspecified atom stereocenters. The van der Waals surface area contributed by atoms with E-state index in [0.717, 1.165) is 16.3 Å². The van der Waals surface area contributed by atoms with Gasteiger partial charge in [-0.1, -0.05) is 29.8 Å². The predicted octanol–water partition coefficient (Wildman–Crippen LogP) is 3.02. The molecule has 5 heteroatoms. The van der Waals surface area contributed by atoms with E-state index in [-0.39, 0.29) is 5.91 Å². The van der Waals surface area contributed by atoms with Gasteiger partial charge >= 0.3 is 0 Å². The Hall–Kier alpha value is -1.78. The van der Waals surface area contributed by atoms with E-state index >= 15 is 0 Å². The third kappa shape index (κ3) is 4.62. The summed E-state index contributed by atoms with van der Waals surface area (Å²) in [6.07, 6.45) is 1.61. The van der Waals surface area contributed by atoms with Gasteiger partial charge in [-0.25, -0.2) is 0 Å². The molecule has 0 aliphatic rings. The van der Waals surface area contributed by atoms with Gasteiger partial charge in [-0.05, 0) is 30.8 Å². The number of benzene rings is 1. The smallest absolute Gasteiger partial charge is 0.236 e. The fourth-order valence-electron chi connectivity index (χ4n) is 2.05. The molecule has 0 fully saturated rings. The molecule has 1 heterocycles. The van der Waals surface area contributed by atoms with Crippen LogP contribution in [0.5, 0.6) is 0 Å². The van der Waals surface area contributed by atoms with Crippen molar-refractivity contribution in [1.82, 2.24) is 9.80 Å². The molecule has 4 nitrogen and oxygen atoms in total. The van der Waals surface area contributed by atoms with Crippen LogP contribution in [0.3, 0.4) is 0 Å². The lowest BCUT2D eigenvalue weighted by molar-refractivity contribution is -0.131. The third-order valence-corrected chi connectivity index (χ3v) is 3.57. The molecule has 0 N–H and O–H groups in total. The van der Waals surface area contributed by atoms with Gasteiger partial charge < -0.3 is 9.32 Å². The summed E-state index contributed by atoms with van der Waals surface area (Å²) in [5.41, 5.74) is 1.02. The Labute approximate surface area is 129 Å². The number of amides is 1. The van der Waals surface area contributed by atoms with Crippen LogP contribution in [0, 0.1) is 0 Å². The normalized spacial score (nSPS) is 10.9. The van der Waals surface area contributed by atoms with Gasteiger partial charge in [-0.15, -0.1) is 0 Å². The first kappa shape index (κ1) is 15.6. The Morgan fingerprint density at radius 1 is 1.14 bits per heavy atom. The van der Waals surface area contributed by atoms with E-state index in [1.54, 1.807) is 18.2 Å². The van der Waals surface area contributed by atoms with E-state index in [2.05, 4.69) is 0 Å². The molecule has 0 spiro atoms. The van der Waals surface area contributed by atoms with Gasteiger partial charge in [0.1, 0.15) is 5.76 Å². The van der Waals surface area contributed by atoms with Crippen LogP contribution in [0.25, 0.3) is 0 Å². The molecule has 1 amide bonds. The third-order valence-electron chi connectivity index (χ3n) is 3.20. The van der Waals surface area contributed by atoms with E-state index in [1.165, 1.54) is 0 Å². The lowest BCUT2D eigenvalue weighted by Gasteiger charge is -2.21. The van der Waals surface area contributed by atoms with E-state index in [0.29, 0.717) is 19.6 Å². The van der Waals surface area contributed by atoms with Crippen LogP contribution < -0.4 is 0 Å². The summed E-state index contributed by atoms with van der Waals surface area (Å²) in [5, 5.41) is 0.723. The Morgan fingerprint density at radius 2 is 1.90 bits per heavy atom. The van der Waals surface area contributed by atoms with Crippen molar-refractivity contribution in [3.8, 4) is 0 Å². The summed E-state index contributed by atoms with van der Waals surface area (Å²) in [7, 11) is 3.68. The summed E-state index contributed by atoms with van der Waals surface area (Å²) in [4.78, 5) is 15.8. The number of nitrogens with zero attached hydrogens (tertiary/aromatic N) is 2. The van der Waals surface area contributed by atoms with Crippen LogP contribution in [0.2, 0.25) is 5.02 Å². The van der Waals surface area contributed by atoms with E-state index in [4.69, 9.17) is 16.0 Å². The standard InChI is InChI=1S/C16H19ClN2O2/c1-18(10-13-6-3-4-8-15(13)17)12-16(20)19(2)11-14-7-5-9-21-14/h3-9H,10-12H2,1-2H3. The van der Waals surface area contributed by atoms with Gasteiger partial charge in [0.2, 0.25) is 5.91 Å².